The summed E-state index contributed by atoms with van der Waals surface area (Å²) in [6.07, 6.45) is 3.64. The molecule has 3 rings (SSSR count). The third-order valence-electron chi connectivity index (χ3n) is 3.53. The molecule has 2 atom stereocenters. The number of hydrogen-bond acceptors (Lipinski definition) is 5. The lowest BCUT2D eigenvalue weighted by Gasteiger charge is -2.37. The molecule has 1 fully saturated rings. The van der Waals surface area contributed by atoms with Gasteiger partial charge in [-0.25, -0.2) is 9.97 Å². The van der Waals surface area contributed by atoms with Crippen molar-refractivity contribution in [3.63, 3.8) is 0 Å². The molecule has 102 valence electrons. The van der Waals surface area contributed by atoms with Crippen LogP contribution in [-0.2, 0) is 4.74 Å². The third-order valence-corrected chi connectivity index (χ3v) is 3.53. The second-order valence-corrected chi connectivity index (χ2v) is 5.19. The molecule has 2 aromatic rings. The van der Waals surface area contributed by atoms with Crippen LogP contribution in [0.3, 0.4) is 0 Å². The highest BCUT2D eigenvalue weighted by molar-refractivity contribution is 5.94. The van der Waals surface area contributed by atoms with Gasteiger partial charge in [0.15, 0.2) is 0 Å². The summed E-state index contributed by atoms with van der Waals surface area (Å²) in [6, 6.07) is 5.99. The minimum absolute atomic E-state index is 0.189. The van der Waals surface area contributed by atoms with Gasteiger partial charge in [0, 0.05) is 30.4 Å². The number of aromatic nitrogens is 2. The van der Waals surface area contributed by atoms with E-state index in [1.807, 2.05) is 12.1 Å². The Kier molecular flexibility index (Phi) is 3.25. The van der Waals surface area contributed by atoms with E-state index in [1.165, 1.54) is 6.33 Å². The maximum Gasteiger partial charge on any atom is 0.116 e. The lowest BCUT2D eigenvalue weighted by Crippen LogP contribution is -2.45. The summed E-state index contributed by atoms with van der Waals surface area (Å²) < 4.78 is 5.77. The van der Waals surface area contributed by atoms with Gasteiger partial charge in [-0.05, 0) is 26.0 Å². The van der Waals surface area contributed by atoms with Gasteiger partial charge >= 0.3 is 0 Å². The largest absolute Gasteiger partial charge is 0.372 e. The summed E-state index contributed by atoms with van der Waals surface area (Å²) in [5.41, 5.74) is 2.37. The first-order valence-corrected chi connectivity index (χ1v) is 6.72. The fourth-order valence-electron chi connectivity index (χ4n) is 2.80. The molecule has 0 aliphatic carbocycles. The van der Waals surface area contributed by atoms with Crippen LogP contribution in [0.25, 0.3) is 10.9 Å². The maximum absolute atomic E-state index is 9.18. The first-order valence-electron chi connectivity index (χ1n) is 6.72. The van der Waals surface area contributed by atoms with Crippen molar-refractivity contribution in [2.24, 2.45) is 0 Å². The first-order chi connectivity index (χ1) is 9.69. The number of rotatable bonds is 1. The Bertz CT molecular complexity index is 669. The van der Waals surface area contributed by atoms with Crippen LogP contribution in [0.1, 0.15) is 19.4 Å². The Morgan fingerprint density at radius 2 is 2.05 bits per heavy atom. The first kappa shape index (κ1) is 12.8. The van der Waals surface area contributed by atoms with E-state index in [4.69, 9.17) is 4.74 Å². The quantitative estimate of drug-likeness (QED) is 0.792. The maximum atomic E-state index is 9.18. The summed E-state index contributed by atoms with van der Waals surface area (Å²) in [7, 11) is 0. The van der Waals surface area contributed by atoms with Crippen molar-refractivity contribution in [2.45, 2.75) is 26.1 Å². The van der Waals surface area contributed by atoms with E-state index in [0.29, 0.717) is 11.1 Å². The van der Waals surface area contributed by atoms with Gasteiger partial charge in [-0.15, -0.1) is 0 Å². The molecule has 1 aromatic heterocycles. The average molecular weight is 268 g/mol. The van der Waals surface area contributed by atoms with Gasteiger partial charge in [0.1, 0.15) is 12.4 Å². The second kappa shape index (κ2) is 5.06. The zero-order chi connectivity index (χ0) is 14.1. The molecular formula is C15H16N4O. The molecule has 1 aliphatic heterocycles. The number of morpholine rings is 1. The van der Waals surface area contributed by atoms with E-state index < -0.39 is 0 Å². The van der Waals surface area contributed by atoms with Crippen molar-refractivity contribution in [3.05, 3.63) is 30.2 Å². The van der Waals surface area contributed by atoms with E-state index in [-0.39, 0.29) is 12.2 Å². The van der Waals surface area contributed by atoms with Gasteiger partial charge in [-0.1, -0.05) is 0 Å². The van der Waals surface area contributed by atoms with Crippen molar-refractivity contribution in [1.29, 1.82) is 5.26 Å². The van der Waals surface area contributed by atoms with E-state index in [2.05, 4.69) is 34.8 Å². The fraction of sp³-hybridized carbons (Fsp3) is 0.400. The van der Waals surface area contributed by atoms with Crippen LogP contribution in [0.5, 0.6) is 0 Å². The highest BCUT2D eigenvalue weighted by Crippen LogP contribution is 2.29. The van der Waals surface area contributed by atoms with Crippen molar-refractivity contribution >= 4 is 16.6 Å². The smallest absolute Gasteiger partial charge is 0.116 e. The minimum atomic E-state index is 0.189. The minimum Gasteiger partial charge on any atom is -0.372 e. The monoisotopic (exact) mass is 268 g/mol. The van der Waals surface area contributed by atoms with Crippen LogP contribution in [0, 0.1) is 11.3 Å². The standard InChI is InChI=1S/C15H16N4O/c1-10-7-19(8-11(2)20-10)14-4-3-12(5-16)15-13(14)6-17-9-18-15/h3-4,6,9-11H,7-8H2,1-2H3/t10-,11+. The summed E-state index contributed by atoms with van der Waals surface area (Å²) in [5, 5.41) is 10.1. The highest BCUT2D eigenvalue weighted by atomic mass is 16.5. The lowest BCUT2D eigenvalue weighted by molar-refractivity contribution is -0.00513. The molecule has 20 heavy (non-hydrogen) atoms. The Morgan fingerprint density at radius 3 is 2.75 bits per heavy atom. The van der Waals surface area contributed by atoms with Gasteiger partial charge in [0.2, 0.25) is 0 Å². The molecule has 0 spiro atoms. The number of nitriles is 1. The molecular weight excluding hydrogens is 252 g/mol. The van der Waals surface area contributed by atoms with Gasteiger partial charge in [0.05, 0.1) is 23.3 Å². The Hall–Kier alpha value is -2.19. The van der Waals surface area contributed by atoms with Crippen molar-refractivity contribution < 1.29 is 4.74 Å². The number of ether oxygens (including phenoxy) is 1. The fourth-order valence-corrected chi connectivity index (χ4v) is 2.80. The SMILES string of the molecule is C[C@@H]1CN(c2ccc(C#N)c3ncncc23)C[C@H](C)O1. The molecule has 0 radical (unpaired) electrons. The number of nitrogens with zero attached hydrogens (tertiary/aromatic N) is 4. The number of hydrogen-bond donors (Lipinski definition) is 0. The topological polar surface area (TPSA) is 62.0 Å². The van der Waals surface area contributed by atoms with Gasteiger partial charge in [-0.2, -0.15) is 5.26 Å². The molecule has 1 saturated heterocycles. The number of anilines is 1. The summed E-state index contributed by atoms with van der Waals surface area (Å²) >= 11 is 0. The highest BCUT2D eigenvalue weighted by Gasteiger charge is 2.24. The molecule has 0 unspecified atom stereocenters. The van der Waals surface area contributed by atoms with Crippen LogP contribution in [0.2, 0.25) is 0 Å². The van der Waals surface area contributed by atoms with Crippen molar-refractivity contribution in [3.8, 4) is 6.07 Å². The Balaban J connectivity index is 2.11. The molecule has 5 nitrogen and oxygen atoms in total. The summed E-state index contributed by atoms with van der Waals surface area (Å²) in [6.45, 7) is 5.82. The van der Waals surface area contributed by atoms with Gasteiger partial charge in [-0.3, -0.25) is 0 Å². The summed E-state index contributed by atoms with van der Waals surface area (Å²) in [5.74, 6) is 0. The van der Waals surface area contributed by atoms with E-state index >= 15 is 0 Å². The van der Waals surface area contributed by atoms with E-state index in [9.17, 15) is 5.26 Å². The Morgan fingerprint density at radius 1 is 1.30 bits per heavy atom. The van der Waals surface area contributed by atoms with Crippen LogP contribution >= 0.6 is 0 Å². The number of fused-ring (bicyclic) bond motifs is 1. The molecule has 2 heterocycles. The van der Waals surface area contributed by atoms with Gasteiger partial charge < -0.3 is 9.64 Å². The van der Waals surface area contributed by atoms with Crippen LogP contribution in [-0.4, -0.2) is 35.3 Å². The molecule has 5 heteroatoms. The third kappa shape index (κ3) is 2.19. The van der Waals surface area contributed by atoms with Crippen molar-refractivity contribution in [1.82, 2.24) is 9.97 Å². The number of benzene rings is 1. The normalized spacial score (nSPS) is 22.8. The molecule has 1 aliphatic rings. The van der Waals surface area contributed by atoms with E-state index in [1.54, 1.807) is 6.20 Å². The summed E-state index contributed by atoms with van der Waals surface area (Å²) in [4.78, 5) is 10.6. The zero-order valence-electron chi connectivity index (χ0n) is 11.6. The predicted octanol–water partition coefficient (Wildman–Crippen LogP) is 2.12. The predicted molar refractivity (Wildman–Crippen MR) is 76.5 cm³/mol. The van der Waals surface area contributed by atoms with Crippen LogP contribution in [0.15, 0.2) is 24.7 Å². The van der Waals surface area contributed by atoms with Crippen molar-refractivity contribution in [2.75, 3.05) is 18.0 Å². The van der Waals surface area contributed by atoms with Crippen LogP contribution < -0.4 is 4.90 Å². The molecule has 1 aromatic carbocycles. The zero-order valence-corrected chi connectivity index (χ0v) is 11.6. The molecule has 0 N–H and O–H groups in total. The molecule has 0 amide bonds. The lowest BCUT2D eigenvalue weighted by atomic mass is 10.1. The molecule has 0 saturated carbocycles. The average Bonchev–Trinajstić information content (AvgIpc) is 2.45. The molecule has 0 bridgehead atoms. The Labute approximate surface area is 117 Å². The van der Waals surface area contributed by atoms with Crippen LogP contribution in [0.4, 0.5) is 5.69 Å². The van der Waals surface area contributed by atoms with Gasteiger partial charge in [0.25, 0.3) is 0 Å². The second-order valence-electron chi connectivity index (χ2n) is 5.19. The van der Waals surface area contributed by atoms with E-state index in [0.717, 1.165) is 24.2 Å².